The zero-order chi connectivity index (χ0) is 24.1. The van der Waals surface area contributed by atoms with Gasteiger partial charge >= 0.3 is 12.1 Å². The van der Waals surface area contributed by atoms with E-state index in [0.29, 0.717) is 12.8 Å². The molecule has 0 spiro atoms. The Hall–Kier alpha value is -3.65. The maximum atomic E-state index is 12.8. The number of benzene rings is 2. The first kappa shape index (κ1) is 23.5. The summed E-state index contributed by atoms with van der Waals surface area (Å²) in [5, 5.41) is 14.6. The number of carboxylic acid groups (broad SMARTS) is 1. The molecule has 2 aliphatic rings. The van der Waals surface area contributed by atoms with Gasteiger partial charge < -0.3 is 25.2 Å². The minimum Gasteiger partial charge on any atom is -0.481 e. The highest BCUT2D eigenvalue weighted by Crippen LogP contribution is 2.44. The smallest absolute Gasteiger partial charge is 0.407 e. The van der Waals surface area contributed by atoms with Crippen LogP contribution in [0.5, 0.6) is 0 Å². The van der Waals surface area contributed by atoms with Gasteiger partial charge in [-0.2, -0.15) is 0 Å². The van der Waals surface area contributed by atoms with E-state index < -0.39 is 36.0 Å². The SMILES string of the molecule is COCC(NC(=O)OCC1c2ccccc2-c2ccccc21)C(=O)N[C@H]1C=CC[C@H](C(=O)O)C1. The highest BCUT2D eigenvalue weighted by molar-refractivity contribution is 5.86. The number of nitrogens with one attached hydrogen (secondary N) is 2. The first-order valence-electron chi connectivity index (χ1n) is 11.3. The number of hydrogen-bond acceptors (Lipinski definition) is 5. The molecule has 3 N–H and O–H groups in total. The molecular formula is C26H28N2O6. The van der Waals surface area contributed by atoms with Crippen LogP contribution in [-0.4, -0.2) is 55.5 Å². The molecule has 34 heavy (non-hydrogen) atoms. The van der Waals surface area contributed by atoms with Crippen LogP contribution in [0.15, 0.2) is 60.7 Å². The monoisotopic (exact) mass is 464 g/mol. The van der Waals surface area contributed by atoms with Gasteiger partial charge in [-0.3, -0.25) is 9.59 Å². The van der Waals surface area contributed by atoms with Gasteiger partial charge in [-0.25, -0.2) is 4.79 Å². The second-order valence-electron chi connectivity index (χ2n) is 8.53. The largest absolute Gasteiger partial charge is 0.481 e. The van der Waals surface area contributed by atoms with Crippen molar-refractivity contribution in [2.45, 2.75) is 30.8 Å². The minimum absolute atomic E-state index is 0.0468. The predicted molar refractivity (Wildman–Crippen MR) is 125 cm³/mol. The number of fused-ring (bicyclic) bond motifs is 3. The molecule has 8 heteroatoms. The van der Waals surface area contributed by atoms with Gasteiger partial charge in [-0.05, 0) is 35.1 Å². The lowest BCUT2D eigenvalue weighted by Crippen LogP contribution is -2.52. The average molecular weight is 465 g/mol. The van der Waals surface area contributed by atoms with Crippen molar-refractivity contribution in [3.63, 3.8) is 0 Å². The topological polar surface area (TPSA) is 114 Å². The number of rotatable bonds is 8. The quantitative estimate of drug-likeness (QED) is 0.518. The molecule has 8 nitrogen and oxygen atoms in total. The summed E-state index contributed by atoms with van der Waals surface area (Å²) in [5.74, 6) is -2.00. The molecule has 1 unspecified atom stereocenters. The molecule has 178 valence electrons. The average Bonchev–Trinajstić information content (AvgIpc) is 3.16. The van der Waals surface area contributed by atoms with Gasteiger partial charge in [0, 0.05) is 19.1 Å². The van der Waals surface area contributed by atoms with Crippen molar-refractivity contribution in [2.24, 2.45) is 5.92 Å². The van der Waals surface area contributed by atoms with E-state index in [1.165, 1.54) is 7.11 Å². The number of ether oxygens (including phenoxy) is 2. The molecule has 0 heterocycles. The Morgan fingerprint density at radius 2 is 1.71 bits per heavy atom. The second kappa shape index (κ2) is 10.5. The van der Waals surface area contributed by atoms with Crippen LogP contribution >= 0.6 is 0 Å². The molecule has 0 saturated carbocycles. The van der Waals surface area contributed by atoms with Crippen LogP contribution in [0.25, 0.3) is 11.1 Å². The number of amides is 2. The summed E-state index contributed by atoms with van der Waals surface area (Å²) in [6.07, 6.45) is 3.52. The van der Waals surface area contributed by atoms with Gasteiger partial charge in [0.05, 0.1) is 12.5 Å². The van der Waals surface area contributed by atoms with Crippen molar-refractivity contribution in [1.29, 1.82) is 0 Å². The Kier molecular flexibility index (Phi) is 7.27. The Morgan fingerprint density at radius 3 is 2.32 bits per heavy atom. The lowest BCUT2D eigenvalue weighted by Gasteiger charge is -2.25. The zero-order valence-electron chi connectivity index (χ0n) is 18.9. The van der Waals surface area contributed by atoms with Crippen molar-refractivity contribution in [1.82, 2.24) is 10.6 Å². The van der Waals surface area contributed by atoms with E-state index >= 15 is 0 Å². The second-order valence-corrected chi connectivity index (χ2v) is 8.53. The third kappa shape index (κ3) is 5.12. The normalized spacial score (nSPS) is 19.6. The molecular weight excluding hydrogens is 436 g/mol. The highest BCUT2D eigenvalue weighted by Gasteiger charge is 2.31. The van der Waals surface area contributed by atoms with Crippen molar-refractivity contribution in [2.75, 3.05) is 20.3 Å². The summed E-state index contributed by atoms with van der Waals surface area (Å²) in [6.45, 7) is 0.0850. The molecule has 0 saturated heterocycles. The van der Waals surface area contributed by atoms with Crippen LogP contribution in [0.1, 0.15) is 29.9 Å². The molecule has 2 aromatic carbocycles. The summed E-state index contributed by atoms with van der Waals surface area (Å²) in [5.41, 5.74) is 4.45. The van der Waals surface area contributed by atoms with Gasteiger partial charge in [-0.1, -0.05) is 60.7 Å². The van der Waals surface area contributed by atoms with E-state index in [-0.39, 0.29) is 19.1 Å². The van der Waals surface area contributed by atoms with E-state index in [4.69, 9.17) is 9.47 Å². The number of aliphatic carboxylic acids is 1. The highest BCUT2D eigenvalue weighted by atomic mass is 16.5. The molecule has 2 aliphatic carbocycles. The van der Waals surface area contributed by atoms with Crippen LogP contribution in [0.2, 0.25) is 0 Å². The Morgan fingerprint density at radius 1 is 1.06 bits per heavy atom. The fourth-order valence-electron chi connectivity index (χ4n) is 4.61. The minimum atomic E-state index is -0.973. The molecule has 0 aliphatic heterocycles. The van der Waals surface area contributed by atoms with Crippen molar-refractivity contribution in [3.8, 4) is 11.1 Å². The number of alkyl carbamates (subject to hydrolysis) is 1. The lowest BCUT2D eigenvalue weighted by molar-refractivity contribution is -0.142. The van der Waals surface area contributed by atoms with Crippen LogP contribution in [0, 0.1) is 5.92 Å². The van der Waals surface area contributed by atoms with E-state index in [2.05, 4.69) is 22.8 Å². The Bertz CT molecular complexity index is 1050. The summed E-state index contributed by atoms with van der Waals surface area (Å²) in [4.78, 5) is 36.6. The number of carboxylic acids is 1. The lowest BCUT2D eigenvalue weighted by atomic mass is 9.91. The number of hydrogen-bond donors (Lipinski definition) is 3. The van der Waals surface area contributed by atoms with E-state index in [9.17, 15) is 19.5 Å². The maximum Gasteiger partial charge on any atom is 0.407 e. The van der Waals surface area contributed by atoms with Gasteiger partial charge in [-0.15, -0.1) is 0 Å². The van der Waals surface area contributed by atoms with Crippen LogP contribution in [0.4, 0.5) is 4.79 Å². The predicted octanol–water partition coefficient (Wildman–Crippen LogP) is 3.08. The van der Waals surface area contributed by atoms with Crippen molar-refractivity contribution in [3.05, 3.63) is 71.8 Å². The first-order chi connectivity index (χ1) is 16.5. The Labute approximate surface area is 198 Å². The summed E-state index contributed by atoms with van der Waals surface area (Å²) < 4.78 is 10.6. The van der Waals surface area contributed by atoms with Gasteiger partial charge in [0.1, 0.15) is 12.6 Å². The number of carbonyl (C=O) groups excluding carboxylic acids is 2. The number of methoxy groups -OCH3 is 1. The van der Waals surface area contributed by atoms with Crippen LogP contribution in [0.3, 0.4) is 0 Å². The maximum absolute atomic E-state index is 12.8. The van der Waals surface area contributed by atoms with Crippen molar-refractivity contribution < 1.29 is 29.0 Å². The van der Waals surface area contributed by atoms with Crippen LogP contribution < -0.4 is 10.6 Å². The molecule has 2 amide bonds. The van der Waals surface area contributed by atoms with E-state index in [0.717, 1.165) is 22.3 Å². The number of carbonyl (C=O) groups is 3. The molecule has 0 bridgehead atoms. The van der Waals surface area contributed by atoms with Gasteiger partial charge in [0.25, 0.3) is 0 Å². The summed E-state index contributed by atoms with van der Waals surface area (Å²) >= 11 is 0. The summed E-state index contributed by atoms with van der Waals surface area (Å²) in [7, 11) is 1.43. The molecule has 0 fully saturated rings. The summed E-state index contributed by atoms with van der Waals surface area (Å²) in [6, 6.07) is 14.7. The molecule has 2 aromatic rings. The first-order valence-corrected chi connectivity index (χ1v) is 11.3. The van der Waals surface area contributed by atoms with Gasteiger partial charge in [0.2, 0.25) is 5.91 Å². The molecule has 0 radical (unpaired) electrons. The zero-order valence-corrected chi connectivity index (χ0v) is 18.9. The molecule has 0 aromatic heterocycles. The third-order valence-corrected chi connectivity index (χ3v) is 6.29. The fourth-order valence-corrected chi connectivity index (χ4v) is 4.61. The Balaban J connectivity index is 1.36. The molecule has 3 atom stereocenters. The van der Waals surface area contributed by atoms with Crippen molar-refractivity contribution >= 4 is 18.0 Å². The number of allylic oxidation sites excluding steroid dienone is 1. The van der Waals surface area contributed by atoms with Crippen LogP contribution in [-0.2, 0) is 19.1 Å². The molecule has 4 rings (SSSR count). The van der Waals surface area contributed by atoms with E-state index in [1.54, 1.807) is 12.2 Å². The fraction of sp³-hybridized carbons (Fsp3) is 0.346. The van der Waals surface area contributed by atoms with Gasteiger partial charge in [0.15, 0.2) is 0 Å². The third-order valence-electron chi connectivity index (χ3n) is 6.29. The van der Waals surface area contributed by atoms with E-state index in [1.807, 2.05) is 36.4 Å². The standard InChI is InChI=1S/C26H28N2O6/c1-33-15-23(24(29)27-17-8-6-7-16(13-17)25(30)31)28-26(32)34-14-22-20-11-4-2-9-18(20)19-10-3-5-12-21(19)22/h2-6,8-12,16-17,22-23H,7,13-15H2,1H3,(H,27,29)(H,28,32)(H,30,31)/t16-,17-,23?/m0/s1.